The van der Waals surface area contributed by atoms with Crippen molar-refractivity contribution in [1.82, 2.24) is 15.3 Å². The van der Waals surface area contributed by atoms with Crippen LogP contribution >= 0.6 is 0 Å². The van der Waals surface area contributed by atoms with E-state index in [1.54, 1.807) is 48.7 Å². The van der Waals surface area contributed by atoms with Crippen LogP contribution in [0.4, 0.5) is 10.1 Å². The number of carbonyl (C=O) groups is 2. The third-order valence-corrected chi connectivity index (χ3v) is 5.18. The Hall–Kier alpha value is -3.61. The van der Waals surface area contributed by atoms with Gasteiger partial charge < -0.3 is 10.6 Å². The molecular formula is C24H23FN4O2. The van der Waals surface area contributed by atoms with Crippen molar-refractivity contribution in [3.63, 3.8) is 0 Å². The number of benzene rings is 2. The van der Waals surface area contributed by atoms with Gasteiger partial charge in [0.15, 0.2) is 0 Å². The second-order valence-corrected chi connectivity index (χ2v) is 7.71. The number of amides is 2. The summed E-state index contributed by atoms with van der Waals surface area (Å²) in [6.07, 6.45) is 3.69. The van der Waals surface area contributed by atoms with E-state index in [9.17, 15) is 14.0 Å². The number of aromatic nitrogens is 2. The number of nitrogens with one attached hydrogen (secondary N) is 2. The molecule has 1 fully saturated rings. The lowest BCUT2D eigenvalue weighted by Crippen LogP contribution is -2.28. The van der Waals surface area contributed by atoms with Crippen LogP contribution in [0.1, 0.15) is 59.2 Å². The Kier molecular flexibility index (Phi) is 6.02. The summed E-state index contributed by atoms with van der Waals surface area (Å²) in [7, 11) is 0. The number of nitrogens with zero attached hydrogens (tertiary/aromatic N) is 2. The van der Waals surface area contributed by atoms with Gasteiger partial charge in [0.25, 0.3) is 5.91 Å². The SMILES string of the molecule is CC(NC(=O)c1ccnc(C2CC2)n1)c1cccc(NC(=O)Cc2ccccc2F)c1. The normalized spacial score (nSPS) is 14.0. The third kappa shape index (κ3) is 5.31. The first-order valence-corrected chi connectivity index (χ1v) is 10.3. The molecule has 1 saturated carbocycles. The summed E-state index contributed by atoms with van der Waals surface area (Å²) >= 11 is 0. The fourth-order valence-corrected chi connectivity index (χ4v) is 3.30. The predicted octanol–water partition coefficient (Wildman–Crippen LogP) is 4.17. The first-order valence-electron chi connectivity index (χ1n) is 10.3. The van der Waals surface area contributed by atoms with Crippen LogP contribution in [0.2, 0.25) is 0 Å². The van der Waals surface area contributed by atoms with Crippen LogP contribution in [0, 0.1) is 5.82 Å². The number of anilines is 1. The summed E-state index contributed by atoms with van der Waals surface area (Å²) < 4.78 is 13.8. The highest BCUT2D eigenvalue weighted by atomic mass is 19.1. The molecule has 0 spiro atoms. The third-order valence-electron chi connectivity index (χ3n) is 5.18. The lowest BCUT2D eigenvalue weighted by atomic mass is 10.1. The van der Waals surface area contributed by atoms with Crippen LogP contribution in [0.5, 0.6) is 0 Å². The molecule has 0 saturated heterocycles. The zero-order valence-electron chi connectivity index (χ0n) is 17.1. The van der Waals surface area contributed by atoms with Gasteiger partial charge in [-0.05, 0) is 55.2 Å². The summed E-state index contributed by atoms with van der Waals surface area (Å²) in [6.45, 7) is 1.86. The summed E-state index contributed by atoms with van der Waals surface area (Å²) in [5, 5.41) is 5.72. The number of hydrogen-bond donors (Lipinski definition) is 2. The summed E-state index contributed by atoms with van der Waals surface area (Å²) in [5.74, 6) is 0.102. The molecular weight excluding hydrogens is 395 g/mol. The second kappa shape index (κ2) is 9.04. The maximum Gasteiger partial charge on any atom is 0.270 e. The molecule has 0 radical (unpaired) electrons. The van der Waals surface area contributed by atoms with Crippen molar-refractivity contribution in [2.45, 2.75) is 38.1 Å². The van der Waals surface area contributed by atoms with Crippen LogP contribution < -0.4 is 10.6 Å². The number of carbonyl (C=O) groups excluding carboxylic acids is 2. The Bertz CT molecular complexity index is 1110. The molecule has 0 bridgehead atoms. The Morgan fingerprint density at radius 1 is 1.13 bits per heavy atom. The predicted molar refractivity (Wildman–Crippen MR) is 115 cm³/mol. The van der Waals surface area contributed by atoms with E-state index < -0.39 is 5.82 Å². The minimum absolute atomic E-state index is 0.0553. The van der Waals surface area contributed by atoms with E-state index in [1.807, 2.05) is 13.0 Å². The van der Waals surface area contributed by atoms with Gasteiger partial charge in [0.1, 0.15) is 17.3 Å². The quantitative estimate of drug-likeness (QED) is 0.603. The van der Waals surface area contributed by atoms with E-state index in [1.165, 1.54) is 6.07 Å². The molecule has 2 N–H and O–H groups in total. The molecule has 4 rings (SSSR count). The summed E-state index contributed by atoms with van der Waals surface area (Å²) in [4.78, 5) is 33.5. The average molecular weight is 418 g/mol. The Labute approximate surface area is 179 Å². The van der Waals surface area contributed by atoms with Gasteiger partial charge in [0, 0.05) is 17.8 Å². The zero-order valence-corrected chi connectivity index (χ0v) is 17.1. The number of hydrogen-bond acceptors (Lipinski definition) is 4. The minimum Gasteiger partial charge on any atom is -0.344 e. The van der Waals surface area contributed by atoms with E-state index in [2.05, 4.69) is 20.6 Å². The molecule has 1 unspecified atom stereocenters. The Morgan fingerprint density at radius 3 is 2.71 bits per heavy atom. The molecule has 2 amide bonds. The standard InChI is InChI=1S/C24H23FN4O2/c1-15(27-24(31)21-11-12-26-23(29-21)16-9-10-16)17-6-4-7-19(13-17)28-22(30)14-18-5-2-3-8-20(18)25/h2-8,11-13,15-16H,9-10,14H2,1H3,(H,27,31)(H,28,30). The first kappa shape index (κ1) is 20.7. The Balaban J connectivity index is 1.39. The number of halogens is 1. The highest BCUT2D eigenvalue weighted by Gasteiger charge is 2.27. The lowest BCUT2D eigenvalue weighted by Gasteiger charge is -2.16. The summed E-state index contributed by atoms with van der Waals surface area (Å²) in [5.41, 5.74) is 2.09. The smallest absolute Gasteiger partial charge is 0.270 e. The molecule has 3 aromatic rings. The van der Waals surface area contributed by atoms with Crippen molar-refractivity contribution in [3.05, 3.63) is 89.3 Å². The van der Waals surface area contributed by atoms with Crippen LogP contribution in [-0.2, 0) is 11.2 Å². The van der Waals surface area contributed by atoms with Crippen LogP contribution in [0.25, 0.3) is 0 Å². The first-order chi connectivity index (χ1) is 15.0. The monoisotopic (exact) mass is 418 g/mol. The molecule has 1 atom stereocenters. The molecule has 1 aliphatic carbocycles. The van der Waals surface area contributed by atoms with E-state index >= 15 is 0 Å². The fourth-order valence-electron chi connectivity index (χ4n) is 3.30. The van der Waals surface area contributed by atoms with E-state index in [0.29, 0.717) is 22.9 Å². The van der Waals surface area contributed by atoms with Crippen molar-refractivity contribution >= 4 is 17.5 Å². The molecule has 158 valence electrons. The maximum atomic E-state index is 13.8. The van der Waals surface area contributed by atoms with Gasteiger partial charge in [0.2, 0.25) is 5.91 Å². The van der Waals surface area contributed by atoms with Crippen molar-refractivity contribution in [1.29, 1.82) is 0 Å². The zero-order chi connectivity index (χ0) is 21.8. The lowest BCUT2D eigenvalue weighted by molar-refractivity contribution is -0.115. The van der Waals surface area contributed by atoms with E-state index in [4.69, 9.17) is 0 Å². The minimum atomic E-state index is -0.405. The molecule has 6 nitrogen and oxygen atoms in total. The van der Waals surface area contributed by atoms with Crippen molar-refractivity contribution < 1.29 is 14.0 Å². The average Bonchev–Trinajstić information content (AvgIpc) is 3.61. The summed E-state index contributed by atoms with van der Waals surface area (Å²) in [6, 6.07) is 14.7. The molecule has 0 aliphatic heterocycles. The topological polar surface area (TPSA) is 84.0 Å². The van der Waals surface area contributed by atoms with Gasteiger partial charge in [-0.2, -0.15) is 0 Å². The largest absolute Gasteiger partial charge is 0.344 e. The molecule has 31 heavy (non-hydrogen) atoms. The maximum absolute atomic E-state index is 13.8. The fraction of sp³-hybridized carbons (Fsp3) is 0.250. The van der Waals surface area contributed by atoms with Gasteiger partial charge in [-0.15, -0.1) is 0 Å². The van der Waals surface area contributed by atoms with Crippen LogP contribution in [0.15, 0.2) is 60.8 Å². The van der Waals surface area contributed by atoms with Gasteiger partial charge in [0.05, 0.1) is 12.5 Å². The van der Waals surface area contributed by atoms with Gasteiger partial charge >= 0.3 is 0 Å². The van der Waals surface area contributed by atoms with Crippen LogP contribution in [0.3, 0.4) is 0 Å². The van der Waals surface area contributed by atoms with Gasteiger partial charge in [-0.1, -0.05) is 30.3 Å². The Morgan fingerprint density at radius 2 is 1.94 bits per heavy atom. The van der Waals surface area contributed by atoms with Crippen LogP contribution in [-0.4, -0.2) is 21.8 Å². The van der Waals surface area contributed by atoms with Gasteiger partial charge in [-0.3, -0.25) is 9.59 Å². The molecule has 1 heterocycles. The van der Waals surface area contributed by atoms with E-state index in [-0.39, 0.29) is 24.3 Å². The number of rotatable bonds is 7. The second-order valence-electron chi connectivity index (χ2n) is 7.71. The van der Waals surface area contributed by atoms with E-state index in [0.717, 1.165) is 24.2 Å². The van der Waals surface area contributed by atoms with Crippen molar-refractivity contribution in [2.24, 2.45) is 0 Å². The molecule has 1 aromatic heterocycles. The highest BCUT2D eigenvalue weighted by Crippen LogP contribution is 2.37. The van der Waals surface area contributed by atoms with Gasteiger partial charge in [-0.25, -0.2) is 14.4 Å². The molecule has 7 heteroatoms. The highest BCUT2D eigenvalue weighted by molar-refractivity contribution is 5.93. The van der Waals surface area contributed by atoms with Crippen molar-refractivity contribution in [3.8, 4) is 0 Å². The van der Waals surface area contributed by atoms with Crippen molar-refractivity contribution in [2.75, 3.05) is 5.32 Å². The molecule has 1 aliphatic rings. The molecule has 2 aromatic carbocycles.